The summed E-state index contributed by atoms with van der Waals surface area (Å²) in [5, 5.41) is 3.24. The summed E-state index contributed by atoms with van der Waals surface area (Å²) in [6, 6.07) is 10.2. The highest BCUT2D eigenvalue weighted by Crippen LogP contribution is 2.07. The first-order valence-electron chi connectivity index (χ1n) is 5.12. The van der Waals surface area contributed by atoms with Crippen molar-refractivity contribution in [3.63, 3.8) is 0 Å². The molecule has 1 aromatic rings. The van der Waals surface area contributed by atoms with Crippen molar-refractivity contribution in [1.29, 1.82) is 0 Å². The van der Waals surface area contributed by atoms with Gasteiger partial charge in [0.15, 0.2) is 0 Å². The molecule has 0 amide bonds. The Morgan fingerprint density at radius 2 is 2.07 bits per heavy atom. The largest absolute Gasteiger partial charge is 0.360 e. The van der Waals surface area contributed by atoms with E-state index in [1.54, 1.807) is 0 Å². The Morgan fingerprint density at radius 1 is 1.27 bits per heavy atom. The standard InChI is InChI=1S/C13H15NO/c1-11-6-5-9-13(14-11)15-10-12-7-3-2-4-8-12/h2-9,13-14H,10H2,1H3. The number of dihydropyridines is 1. The second kappa shape index (κ2) is 4.80. The van der Waals surface area contributed by atoms with Crippen LogP contribution in [0.5, 0.6) is 0 Å². The van der Waals surface area contributed by atoms with Crippen molar-refractivity contribution >= 4 is 0 Å². The van der Waals surface area contributed by atoms with Gasteiger partial charge in [0.1, 0.15) is 6.23 Å². The number of ether oxygens (including phenoxy) is 1. The van der Waals surface area contributed by atoms with E-state index in [0.717, 1.165) is 5.70 Å². The van der Waals surface area contributed by atoms with Crippen LogP contribution in [0.1, 0.15) is 12.5 Å². The maximum atomic E-state index is 5.70. The number of allylic oxidation sites excluding steroid dienone is 3. The van der Waals surface area contributed by atoms with E-state index in [4.69, 9.17) is 4.74 Å². The number of hydrogen-bond donors (Lipinski definition) is 1. The molecule has 0 saturated carbocycles. The Labute approximate surface area is 90.3 Å². The lowest BCUT2D eigenvalue weighted by Gasteiger charge is -2.20. The quantitative estimate of drug-likeness (QED) is 0.811. The molecular formula is C13H15NO. The first-order chi connectivity index (χ1) is 7.34. The summed E-state index contributed by atoms with van der Waals surface area (Å²) in [6.45, 7) is 2.67. The number of hydrogen-bond acceptors (Lipinski definition) is 2. The fourth-order valence-electron chi connectivity index (χ4n) is 1.48. The van der Waals surface area contributed by atoms with Crippen molar-refractivity contribution in [3.8, 4) is 0 Å². The van der Waals surface area contributed by atoms with Gasteiger partial charge >= 0.3 is 0 Å². The monoisotopic (exact) mass is 201 g/mol. The second-order valence-electron chi connectivity index (χ2n) is 3.60. The number of nitrogens with one attached hydrogen (secondary N) is 1. The third-order valence-electron chi connectivity index (χ3n) is 2.27. The van der Waals surface area contributed by atoms with Crippen LogP contribution in [0.4, 0.5) is 0 Å². The number of rotatable bonds is 3. The molecule has 0 aliphatic carbocycles. The lowest BCUT2D eigenvalue weighted by Crippen LogP contribution is -2.29. The van der Waals surface area contributed by atoms with Crippen LogP contribution in [0, 0.1) is 0 Å². The molecule has 0 saturated heterocycles. The van der Waals surface area contributed by atoms with Crippen molar-refractivity contribution in [2.24, 2.45) is 0 Å². The van der Waals surface area contributed by atoms with E-state index in [1.165, 1.54) is 5.56 Å². The van der Waals surface area contributed by atoms with E-state index in [0.29, 0.717) is 6.61 Å². The van der Waals surface area contributed by atoms with Gasteiger partial charge in [-0.15, -0.1) is 0 Å². The molecule has 1 aromatic carbocycles. The van der Waals surface area contributed by atoms with Crippen molar-refractivity contribution in [1.82, 2.24) is 5.32 Å². The van der Waals surface area contributed by atoms with Crippen LogP contribution in [-0.4, -0.2) is 6.23 Å². The van der Waals surface area contributed by atoms with Gasteiger partial charge in [-0.1, -0.05) is 36.4 Å². The molecule has 0 bridgehead atoms. The van der Waals surface area contributed by atoms with Crippen LogP contribution in [0.2, 0.25) is 0 Å². The predicted octanol–water partition coefficient (Wildman–Crippen LogP) is 2.59. The minimum absolute atomic E-state index is 0.00444. The molecule has 0 fully saturated rings. The van der Waals surface area contributed by atoms with Crippen LogP contribution >= 0.6 is 0 Å². The van der Waals surface area contributed by atoms with E-state index in [2.05, 4.69) is 17.4 Å². The van der Waals surface area contributed by atoms with E-state index in [1.807, 2.05) is 43.4 Å². The Morgan fingerprint density at radius 3 is 2.80 bits per heavy atom. The summed E-state index contributed by atoms with van der Waals surface area (Å²) in [5.74, 6) is 0. The molecule has 0 radical (unpaired) electrons. The van der Waals surface area contributed by atoms with Gasteiger partial charge < -0.3 is 10.1 Å². The zero-order valence-electron chi connectivity index (χ0n) is 8.81. The van der Waals surface area contributed by atoms with Gasteiger partial charge in [-0.3, -0.25) is 0 Å². The zero-order valence-corrected chi connectivity index (χ0v) is 8.81. The molecular weight excluding hydrogens is 186 g/mol. The van der Waals surface area contributed by atoms with Gasteiger partial charge in [0, 0.05) is 5.70 Å². The van der Waals surface area contributed by atoms with Gasteiger partial charge in [0.05, 0.1) is 6.61 Å². The van der Waals surface area contributed by atoms with E-state index in [-0.39, 0.29) is 6.23 Å². The summed E-state index contributed by atoms with van der Waals surface area (Å²) in [6.07, 6.45) is 6.05. The Hall–Kier alpha value is -1.54. The van der Waals surface area contributed by atoms with Crippen LogP contribution in [0.3, 0.4) is 0 Å². The van der Waals surface area contributed by atoms with Crippen molar-refractivity contribution in [2.45, 2.75) is 19.8 Å². The molecule has 2 rings (SSSR count). The summed E-state index contributed by atoms with van der Waals surface area (Å²) >= 11 is 0. The Balaban J connectivity index is 1.85. The van der Waals surface area contributed by atoms with Crippen molar-refractivity contribution < 1.29 is 4.74 Å². The van der Waals surface area contributed by atoms with E-state index < -0.39 is 0 Å². The van der Waals surface area contributed by atoms with Crippen LogP contribution < -0.4 is 5.32 Å². The maximum absolute atomic E-state index is 5.70. The average Bonchev–Trinajstić information content (AvgIpc) is 2.28. The molecule has 2 nitrogen and oxygen atoms in total. The van der Waals surface area contributed by atoms with E-state index in [9.17, 15) is 0 Å². The molecule has 2 heteroatoms. The molecule has 1 unspecified atom stereocenters. The highest BCUT2D eigenvalue weighted by Gasteiger charge is 2.06. The van der Waals surface area contributed by atoms with Crippen LogP contribution in [0.25, 0.3) is 0 Å². The fraction of sp³-hybridized carbons (Fsp3) is 0.231. The lowest BCUT2D eigenvalue weighted by atomic mass is 10.2. The Bertz CT molecular complexity index is 367. The van der Waals surface area contributed by atoms with E-state index >= 15 is 0 Å². The highest BCUT2D eigenvalue weighted by molar-refractivity contribution is 5.17. The first-order valence-corrected chi connectivity index (χ1v) is 5.12. The number of benzene rings is 1. The minimum Gasteiger partial charge on any atom is -0.360 e. The fourth-order valence-corrected chi connectivity index (χ4v) is 1.48. The first kappa shape index (κ1) is 9.99. The molecule has 1 N–H and O–H groups in total. The van der Waals surface area contributed by atoms with Gasteiger partial charge in [-0.2, -0.15) is 0 Å². The van der Waals surface area contributed by atoms with Gasteiger partial charge in [-0.25, -0.2) is 0 Å². The van der Waals surface area contributed by atoms with Crippen LogP contribution in [-0.2, 0) is 11.3 Å². The Kier molecular flexibility index (Phi) is 3.20. The summed E-state index contributed by atoms with van der Waals surface area (Å²) in [5.41, 5.74) is 2.33. The maximum Gasteiger partial charge on any atom is 0.147 e. The SMILES string of the molecule is CC1=CC=CC(OCc2ccccc2)N1. The second-order valence-corrected chi connectivity index (χ2v) is 3.60. The molecule has 0 spiro atoms. The van der Waals surface area contributed by atoms with Crippen LogP contribution in [0.15, 0.2) is 54.3 Å². The summed E-state index contributed by atoms with van der Waals surface area (Å²) < 4.78 is 5.70. The van der Waals surface area contributed by atoms with Gasteiger partial charge in [-0.05, 0) is 24.6 Å². The topological polar surface area (TPSA) is 21.3 Å². The van der Waals surface area contributed by atoms with Crippen molar-refractivity contribution in [3.05, 3.63) is 59.8 Å². The smallest absolute Gasteiger partial charge is 0.147 e. The molecule has 78 valence electrons. The minimum atomic E-state index is -0.00444. The third kappa shape index (κ3) is 2.96. The third-order valence-corrected chi connectivity index (χ3v) is 2.27. The summed E-state index contributed by atoms with van der Waals surface area (Å²) in [4.78, 5) is 0. The van der Waals surface area contributed by atoms with Gasteiger partial charge in [0.2, 0.25) is 0 Å². The predicted molar refractivity (Wildman–Crippen MR) is 61.1 cm³/mol. The normalized spacial score (nSPS) is 19.5. The molecule has 1 aliphatic rings. The zero-order chi connectivity index (χ0) is 10.5. The highest BCUT2D eigenvalue weighted by atomic mass is 16.5. The average molecular weight is 201 g/mol. The summed E-state index contributed by atoms with van der Waals surface area (Å²) in [7, 11) is 0. The lowest BCUT2D eigenvalue weighted by molar-refractivity contribution is 0.0556. The van der Waals surface area contributed by atoms with Crippen molar-refractivity contribution in [2.75, 3.05) is 0 Å². The molecule has 0 aromatic heterocycles. The molecule has 1 aliphatic heterocycles. The molecule has 15 heavy (non-hydrogen) atoms. The molecule has 1 heterocycles. The molecule has 1 atom stereocenters. The van der Waals surface area contributed by atoms with Gasteiger partial charge in [0.25, 0.3) is 0 Å².